The Morgan fingerprint density at radius 3 is 1.40 bits per heavy atom. The van der Waals surface area contributed by atoms with E-state index < -0.39 is 8.80 Å². The molecule has 15 heavy (non-hydrogen) atoms. The van der Waals surface area contributed by atoms with Crippen LogP contribution in [0.25, 0.3) is 0 Å². The monoisotopic (exact) mass is 237 g/mol. The topological polar surface area (TPSA) is 62.7 Å². The summed E-state index contributed by atoms with van der Waals surface area (Å²) in [4.78, 5) is 0. The van der Waals surface area contributed by atoms with Crippen LogP contribution in [0.2, 0.25) is 6.04 Å². The second-order valence-corrected chi connectivity index (χ2v) is 6.22. The summed E-state index contributed by atoms with van der Waals surface area (Å²) in [5, 5.41) is 0. The van der Waals surface area contributed by atoms with Crippen molar-refractivity contribution in [2.75, 3.05) is 19.8 Å². The molecule has 0 saturated heterocycles. The van der Waals surface area contributed by atoms with E-state index in [9.17, 15) is 0 Å². The molecule has 0 heterocycles. The third-order valence-corrected chi connectivity index (χ3v) is 5.25. The van der Waals surface area contributed by atoms with E-state index in [-0.39, 0.29) is 6.15 Å². The van der Waals surface area contributed by atoms with Crippen LogP contribution in [0.3, 0.4) is 0 Å². The van der Waals surface area contributed by atoms with Gasteiger partial charge in [0.25, 0.3) is 0 Å². The Balaban J connectivity index is 0. The van der Waals surface area contributed by atoms with Crippen LogP contribution in [-0.2, 0) is 13.3 Å². The van der Waals surface area contributed by atoms with Crippen LogP contribution in [-0.4, -0.2) is 28.6 Å². The van der Waals surface area contributed by atoms with E-state index in [4.69, 9.17) is 13.3 Å². The second-order valence-electron chi connectivity index (χ2n) is 3.58. The molecular formula is C10H27NO3Si. The fourth-order valence-corrected chi connectivity index (χ4v) is 4.38. The van der Waals surface area contributed by atoms with Gasteiger partial charge >= 0.3 is 8.80 Å². The molecular weight excluding hydrogens is 210 g/mol. The maximum Gasteiger partial charge on any atom is 0.501 e. The van der Waals surface area contributed by atoms with Crippen LogP contribution in [0.5, 0.6) is 0 Å². The van der Waals surface area contributed by atoms with Gasteiger partial charge in [-0.3, -0.25) is 0 Å². The summed E-state index contributed by atoms with van der Waals surface area (Å²) in [6.07, 6.45) is 0. The molecule has 0 aliphatic carbocycles. The Bertz CT molecular complexity index is 128. The lowest BCUT2D eigenvalue weighted by Crippen LogP contribution is -2.46. The summed E-state index contributed by atoms with van der Waals surface area (Å²) in [6.45, 7) is 12.3. The molecule has 0 aromatic carbocycles. The molecule has 0 amide bonds. The summed E-state index contributed by atoms with van der Waals surface area (Å²) in [5.74, 6) is 0.548. The highest BCUT2D eigenvalue weighted by Gasteiger charge is 2.40. The quantitative estimate of drug-likeness (QED) is 0.659. The van der Waals surface area contributed by atoms with Crippen LogP contribution in [0, 0.1) is 5.92 Å². The predicted octanol–water partition coefficient (Wildman–Crippen LogP) is 2.85. The third-order valence-electron chi connectivity index (χ3n) is 1.75. The largest absolute Gasteiger partial charge is 0.501 e. The van der Waals surface area contributed by atoms with Gasteiger partial charge in [-0.2, -0.15) is 0 Å². The lowest BCUT2D eigenvalue weighted by Gasteiger charge is -2.29. The fraction of sp³-hybridized carbons (Fsp3) is 1.00. The van der Waals surface area contributed by atoms with E-state index in [1.54, 1.807) is 0 Å². The van der Waals surface area contributed by atoms with Crippen molar-refractivity contribution in [3.8, 4) is 0 Å². The van der Waals surface area contributed by atoms with Crippen molar-refractivity contribution in [3.05, 3.63) is 0 Å². The van der Waals surface area contributed by atoms with Crippen molar-refractivity contribution in [2.24, 2.45) is 5.92 Å². The molecule has 0 aliphatic rings. The van der Waals surface area contributed by atoms with Crippen molar-refractivity contribution < 1.29 is 13.3 Å². The van der Waals surface area contributed by atoms with Crippen LogP contribution in [0.4, 0.5) is 0 Å². The van der Waals surface area contributed by atoms with Gasteiger partial charge in [0.15, 0.2) is 0 Å². The summed E-state index contributed by atoms with van der Waals surface area (Å²) >= 11 is 0. The molecule has 0 unspecified atom stereocenters. The number of rotatable bonds is 8. The summed E-state index contributed by atoms with van der Waals surface area (Å²) in [5.41, 5.74) is 0. The van der Waals surface area contributed by atoms with Crippen molar-refractivity contribution in [1.82, 2.24) is 6.15 Å². The van der Waals surface area contributed by atoms with Gasteiger partial charge in [0.2, 0.25) is 0 Å². The van der Waals surface area contributed by atoms with Crippen LogP contribution in [0.1, 0.15) is 34.6 Å². The van der Waals surface area contributed by atoms with Gasteiger partial charge in [0, 0.05) is 25.9 Å². The standard InChI is InChI=1S/C10H24O3Si.H3N/c1-6-11-14(12-7-2,13-8-3)9-10(4)5;/h10H,6-9H2,1-5H3;1H3. The third kappa shape index (κ3) is 7.02. The zero-order valence-electron chi connectivity index (χ0n) is 10.8. The molecule has 0 aromatic rings. The van der Waals surface area contributed by atoms with Crippen molar-refractivity contribution in [1.29, 1.82) is 0 Å². The van der Waals surface area contributed by atoms with Gasteiger partial charge < -0.3 is 19.4 Å². The Labute approximate surface area is 95.3 Å². The molecule has 4 nitrogen and oxygen atoms in total. The van der Waals surface area contributed by atoms with E-state index in [2.05, 4.69) is 13.8 Å². The zero-order valence-corrected chi connectivity index (χ0v) is 11.8. The lowest BCUT2D eigenvalue weighted by molar-refractivity contribution is 0.0683. The Morgan fingerprint density at radius 2 is 1.20 bits per heavy atom. The highest BCUT2D eigenvalue weighted by atomic mass is 28.4. The highest BCUT2D eigenvalue weighted by Crippen LogP contribution is 2.20. The van der Waals surface area contributed by atoms with Gasteiger partial charge in [-0.25, -0.2) is 0 Å². The van der Waals surface area contributed by atoms with E-state index in [1.165, 1.54) is 0 Å². The van der Waals surface area contributed by atoms with Gasteiger partial charge in [-0.15, -0.1) is 0 Å². The first-order chi connectivity index (χ1) is 6.60. The molecule has 0 aliphatic heterocycles. The van der Waals surface area contributed by atoms with Gasteiger partial charge in [-0.05, 0) is 26.7 Å². The van der Waals surface area contributed by atoms with Crippen molar-refractivity contribution >= 4 is 8.80 Å². The highest BCUT2D eigenvalue weighted by molar-refractivity contribution is 6.60. The van der Waals surface area contributed by atoms with E-state index >= 15 is 0 Å². The molecule has 0 fully saturated rings. The molecule has 0 atom stereocenters. The number of hydrogen-bond donors (Lipinski definition) is 1. The average Bonchev–Trinajstić information content (AvgIpc) is 2.03. The van der Waals surface area contributed by atoms with Gasteiger partial charge in [0.1, 0.15) is 0 Å². The lowest BCUT2D eigenvalue weighted by atomic mass is 10.3. The molecule has 0 bridgehead atoms. The van der Waals surface area contributed by atoms with Gasteiger partial charge in [-0.1, -0.05) is 13.8 Å². The Hall–Kier alpha value is 0.0569. The summed E-state index contributed by atoms with van der Waals surface area (Å²) in [7, 11) is -2.36. The first-order valence-corrected chi connectivity index (χ1v) is 7.45. The Morgan fingerprint density at radius 1 is 0.867 bits per heavy atom. The van der Waals surface area contributed by atoms with Crippen molar-refractivity contribution in [2.45, 2.75) is 40.7 Å². The molecule has 0 radical (unpaired) electrons. The van der Waals surface area contributed by atoms with E-state index in [0.29, 0.717) is 25.7 Å². The van der Waals surface area contributed by atoms with Crippen LogP contribution in [0.15, 0.2) is 0 Å². The molecule has 94 valence electrons. The van der Waals surface area contributed by atoms with E-state index in [1.807, 2.05) is 20.8 Å². The first-order valence-electron chi connectivity index (χ1n) is 5.52. The minimum atomic E-state index is -2.36. The molecule has 0 aromatic heterocycles. The fourth-order valence-electron chi connectivity index (χ4n) is 1.46. The normalized spacial score (nSPS) is 11.6. The minimum Gasteiger partial charge on any atom is -0.374 e. The maximum absolute atomic E-state index is 5.72. The minimum absolute atomic E-state index is 0. The second kappa shape index (κ2) is 9.29. The Kier molecular flexibility index (Phi) is 10.8. The number of hydrogen-bond acceptors (Lipinski definition) is 4. The maximum atomic E-state index is 5.72. The average molecular weight is 237 g/mol. The van der Waals surface area contributed by atoms with Gasteiger partial charge in [0.05, 0.1) is 0 Å². The summed E-state index contributed by atoms with van der Waals surface area (Å²) < 4.78 is 17.1. The summed E-state index contributed by atoms with van der Waals surface area (Å²) in [6, 6.07) is 0.905. The molecule has 0 saturated carbocycles. The van der Waals surface area contributed by atoms with Crippen molar-refractivity contribution in [3.63, 3.8) is 0 Å². The zero-order chi connectivity index (χ0) is 11.0. The SMILES string of the molecule is CCO[Si](CC(C)C)(OCC)OCC.N. The first kappa shape index (κ1) is 17.5. The molecule has 3 N–H and O–H groups in total. The van der Waals surface area contributed by atoms with Crippen LogP contribution < -0.4 is 6.15 Å². The molecule has 0 rings (SSSR count). The molecule has 0 spiro atoms. The predicted molar refractivity (Wildman–Crippen MR) is 65.3 cm³/mol. The van der Waals surface area contributed by atoms with E-state index in [0.717, 1.165) is 6.04 Å². The molecule has 5 heteroatoms. The smallest absolute Gasteiger partial charge is 0.374 e. The van der Waals surface area contributed by atoms with Crippen LogP contribution >= 0.6 is 0 Å².